The molecule has 0 spiro atoms. The van der Waals surface area contributed by atoms with Crippen LogP contribution in [-0.4, -0.2) is 41.3 Å². The van der Waals surface area contributed by atoms with Crippen LogP contribution in [0.3, 0.4) is 0 Å². The van der Waals surface area contributed by atoms with Crippen LogP contribution in [0.15, 0.2) is 0 Å². The van der Waals surface area contributed by atoms with E-state index in [1.807, 2.05) is 14.0 Å². The third-order valence-electron chi connectivity index (χ3n) is 4.25. The van der Waals surface area contributed by atoms with Gasteiger partial charge in [0.2, 0.25) is 0 Å². The average molecular weight is 292 g/mol. The lowest BCUT2D eigenvalue weighted by Gasteiger charge is -2.36. The molecule has 1 aliphatic heterocycles. The standard InChI is InChI=1S/C16H28N4O/c1-10-7-8-20(9-12(10)21)14-11(2)13(17-6)18-15(19-14)16(3,4)5/h10,12,21H,7-9H2,1-6H3,(H,17,18,19). The van der Waals surface area contributed by atoms with Crippen molar-refractivity contribution in [2.75, 3.05) is 30.4 Å². The number of aromatic nitrogens is 2. The van der Waals surface area contributed by atoms with Gasteiger partial charge >= 0.3 is 0 Å². The number of rotatable bonds is 2. The first-order valence-corrected chi connectivity index (χ1v) is 7.74. The van der Waals surface area contributed by atoms with Crippen LogP contribution in [0.25, 0.3) is 0 Å². The molecule has 0 radical (unpaired) electrons. The number of piperidine rings is 1. The van der Waals surface area contributed by atoms with Crippen molar-refractivity contribution in [3.05, 3.63) is 11.4 Å². The Morgan fingerprint density at radius 2 is 1.95 bits per heavy atom. The Kier molecular flexibility index (Phi) is 4.42. The minimum absolute atomic E-state index is 0.101. The molecule has 1 saturated heterocycles. The Morgan fingerprint density at radius 3 is 2.48 bits per heavy atom. The van der Waals surface area contributed by atoms with Gasteiger partial charge in [0.25, 0.3) is 0 Å². The number of aliphatic hydroxyl groups excluding tert-OH is 1. The molecule has 0 aromatic carbocycles. The van der Waals surface area contributed by atoms with E-state index in [4.69, 9.17) is 4.98 Å². The molecule has 1 aromatic heterocycles. The predicted molar refractivity (Wildman–Crippen MR) is 87.0 cm³/mol. The SMILES string of the molecule is CNc1nc(C(C)(C)C)nc(N2CCC(C)C(O)C2)c1C. The number of β-amino-alcohol motifs (C(OH)–C–C–N with tert-alkyl or cyclic N) is 1. The summed E-state index contributed by atoms with van der Waals surface area (Å²) in [4.78, 5) is 11.6. The zero-order chi connectivity index (χ0) is 15.8. The number of aliphatic hydroxyl groups is 1. The van der Waals surface area contributed by atoms with Crippen LogP contribution in [0.2, 0.25) is 0 Å². The molecule has 2 unspecified atom stereocenters. The fourth-order valence-electron chi connectivity index (χ4n) is 2.63. The van der Waals surface area contributed by atoms with E-state index in [0.29, 0.717) is 12.5 Å². The smallest absolute Gasteiger partial charge is 0.138 e. The molecular formula is C16H28N4O. The second-order valence-corrected chi connectivity index (χ2v) is 7.12. The van der Waals surface area contributed by atoms with Crippen LogP contribution in [0.4, 0.5) is 11.6 Å². The lowest BCUT2D eigenvalue weighted by molar-refractivity contribution is 0.102. The summed E-state index contributed by atoms with van der Waals surface area (Å²) < 4.78 is 0. The summed E-state index contributed by atoms with van der Waals surface area (Å²) in [6.07, 6.45) is 0.703. The lowest BCUT2D eigenvalue weighted by atomic mass is 9.94. The van der Waals surface area contributed by atoms with E-state index in [1.54, 1.807) is 0 Å². The zero-order valence-corrected chi connectivity index (χ0v) is 14.1. The first kappa shape index (κ1) is 16.0. The molecule has 2 N–H and O–H groups in total. The van der Waals surface area contributed by atoms with Crippen molar-refractivity contribution in [1.82, 2.24) is 9.97 Å². The third-order valence-corrected chi connectivity index (χ3v) is 4.25. The van der Waals surface area contributed by atoms with Crippen LogP contribution >= 0.6 is 0 Å². The summed E-state index contributed by atoms with van der Waals surface area (Å²) in [5, 5.41) is 13.3. The van der Waals surface area contributed by atoms with Crippen molar-refractivity contribution in [2.24, 2.45) is 5.92 Å². The van der Waals surface area contributed by atoms with E-state index in [2.05, 4.69) is 42.9 Å². The number of nitrogens with zero attached hydrogens (tertiary/aromatic N) is 3. The molecule has 5 heteroatoms. The third kappa shape index (κ3) is 3.28. The van der Waals surface area contributed by atoms with Gasteiger partial charge in [0.1, 0.15) is 17.5 Å². The second kappa shape index (κ2) is 5.79. The molecule has 118 valence electrons. The second-order valence-electron chi connectivity index (χ2n) is 7.12. The van der Waals surface area contributed by atoms with Crippen LogP contribution in [0.5, 0.6) is 0 Å². The maximum Gasteiger partial charge on any atom is 0.138 e. The van der Waals surface area contributed by atoms with Crippen molar-refractivity contribution >= 4 is 11.6 Å². The average Bonchev–Trinajstić information content (AvgIpc) is 2.41. The topological polar surface area (TPSA) is 61.3 Å². The van der Waals surface area contributed by atoms with E-state index >= 15 is 0 Å². The van der Waals surface area contributed by atoms with Crippen molar-refractivity contribution in [3.8, 4) is 0 Å². The highest BCUT2D eigenvalue weighted by Crippen LogP contribution is 2.30. The maximum absolute atomic E-state index is 10.2. The molecule has 0 saturated carbocycles. The molecule has 1 fully saturated rings. The Bertz CT molecular complexity index is 510. The lowest BCUT2D eigenvalue weighted by Crippen LogP contribution is -2.44. The molecule has 1 aliphatic rings. The van der Waals surface area contributed by atoms with E-state index in [9.17, 15) is 5.11 Å². The van der Waals surface area contributed by atoms with Crippen molar-refractivity contribution in [3.63, 3.8) is 0 Å². The summed E-state index contributed by atoms with van der Waals surface area (Å²) >= 11 is 0. The monoisotopic (exact) mass is 292 g/mol. The highest BCUT2D eigenvalue weighted by molar-refractivity contribution is 5.59. The van der Waals surface area contributed by atoms with Gasteiger partial charge in [-0.05, 0) is 19.3 Å². The molecule has 0 amide bonds. The fraction of sp³-hybridized carbons (Fsp3) is 0.750. The van der Waals surface area contributed by atoms with Crippen LogP contribution in [0.1, 0.15) is 45.5 Å². The molecule has 21 heavy (non-hydrogen) atoms. The Balaban J connectivity index is 2.42. The molecule has 5 nitrogen and oxygen atoms in total. The summed E-state index contributed by atoms with van der Waals surface area (Å²) in [7, 11) is 1.89. The van der Waals surface area contributed by atoms with Crippen molar-refractivity contribution in [1.29, 1.82) is 0 Å². The Labute approximate surface area is 127 Å². The number of hydrogen-bond acceptors (Lipinski definition) is 5. The van der Waals surface area contributed by atoms with Crippen molar-refractivity contribution in [2.45, 2.75) is 52.6 Å². The van der Waals surface area contributed by atoms with Gasteiger partial charge in [-0.3, -0.25) is 0 Å². The van der Waals surface area contributed by atoms with Gasteiger partial charge in [-0.25, -0.2) is 9.97 Å². The first-order chi connectivity index (χ1) is 9.74. The number of hydrogen-bond donors (Lipinski definition) is 2. The first-order valence-electron chi connectivity index (χ1n) is 7.74. The molecule has 0 bridgehead atoms. The minimum atomic E-state index is -0.288. The van der Waals surface area contributed by atoms with Gasteiger partial charge < -0.3 is 15.3 Å². The van der Waals surface area contributed by atoms with Gasteiger partial charge in [0.15, 0.2) is 0 Å². The predicted octanol–water partition coefficient (Wildman–Crippen LogP) is 2.33. The molecule has 1 aromatic rings. The van der Waals surface area contributed by atoms with Gasteiger partial charge in [-0.1, -0.05) is 27.7 Å². The normalized spacial score (nSPS) is 23.3. The number of nitrogens with one attached hydrogen (secondary N) is 1. The molecular weight excluding hydrogens is 264 g/mol. The van der Waals surface area contributed by atoms with Gasteiger partial charge in [-0.2, -0.15) is 0 Å². The maximum atomic E-state index is 10.2. The summed E-state index contributed by atoms with van der Waals surface area (Å²) in [5.41, 5.74) is 0.947. The fourth-order valence-corrected chi connectivity index (χ4v) is 2.63. The van der Waals surface area contributed by atoms with Crippen LogP contribution < -0.4 is 10.2 Å². The quantitative estimate of drug-likeness (QED) is 0.876. The summed E-state index contributed by atoms with van der Waals surface area (Å²) in [6.45, 7) is 12.1. The van der Waals surface area contributed by atoms with E-state index in [0.717, 1.165) is 36.0 Å². The highest BCUT2D eigenvalue weighted by Gasteiger charge is 2.28. The largest absolute Gasteiger partial charge is 0.391 e. The Morgan fingerprint density at radius 1 is 1.29 bits per heavy atom. The van der Waals surface area contributed by atoms with E-state index < -0.39 is 0 Å². The molecule has 2 atom stereocenters. The van der Waals surface area contributed by atoms with Gasteiger partial charge in [0, 0.05) is 31.1 Å². The minimum Gasteiger partial charge on any atom is -0.391 e. The van der Waals surface area contributed by atoms with Gasteiger partial charge in [0.05, 0.1) is 6.10 Å². The van der Waals surface area contributed by atoms with E-state index in [-0.39, 0.29) is 11.5 Å². The van der Waals surface area contributed by atoms with E-state index in [1.165, 1.54) is 0 Å². The van der Waals surface area contributed by atoms with Crippen LogP contribution in [-0.2, 0) is 5.41 Å². The Hall–Kier alpha value is -1.36. The zero-order valence-electron chi connectivity index (χ0n) is 14.1. The highest BCUT2D eigenvalue weighted by atomic mass is 16.3. The number of anilines is 2. The molecule has 2 heterocycles. The molecule has 0 aliphatic carbocycles. The van der Waals surface area contributed by atoms with Crippen molar-refractivity contribution < 1.29 is 5.11 Å². The molecule has 2 rings (SSSR count). The summed E-state index contributed by atoms with van der Waals surface area (Å²) in [6, 6.07) is 0. The van der Waals surface area contributed by atoms with Crippen LogP contribution in [0, 0.1) is 12.8 Å². The van der Waals surface area contributed by atoms with Gasteiger partial charge in [-0.15, -0.1) is 0 Å². The summed E-state index contributed by atoms with van der Waals surface area (Å²) in [5.74, 6) is 3.01.